The van der Waals surface area contributed by atoms with E-state index in [4.69, 9.17) is 0 Å². The number of aliphatic hydroxyl groups is 1. The molecular weight excluding hydrogens is 438 g/mol. The van der Waals surface area contributed by atoms with Gasteiger partial charge in [-0.05, 0) is 51.5 Å². The molecule has 4 N–H and O–H groups in total. The first-order valence-electron chi connectivity index (χ1n) is 11.9. The third-order valence-electron chi connectivity index (χ3n) is 6.42. The standard InChI is InChI=1S/C24H33N5O5/c1-14(2)13-28-21-15(7-10-18(30)27-11-5-6-17(27)24(3,4)34)12-25-29(21)23(33)19(22(28)32)20(31)26-16-8-9-16/h7,10,12,14,16-17,34H,5-6,8-9,11,13H2,1-4H3,(H2,26,31,32,33)/p+1/b10-7+/t17-/m0/s1. The van der Waals surface area contributed by atoms with Crippen LogP contribution in [0.2, 0.25) is 0 Å². The topological polar surface area (TPSA) is 131 Å². The van der Waals surface area contributed by atoms with E-state index in [1.807, 2.05) is 13.8 Å². The number of hydrogen-bond donors (Lipinski definition) is 4. The maximum atomic E-state index is 13.1. The van der Waals surface area contributed by atoms with Crippen LogP contribution in [0.25, 0.3) is 11.7 Å². The van der Waals surface area contributed by atoms with E-state index in [0.717, 1.165) is 25.7 Å². The first kappa shape index (κ1) is 24.0. The molecule has 4 rings (SSSR count). The predicted octanol–water partition coefficient (Wildman–Crippen LogP) is 0.944. The molecule has 2 aromatic rings. The molecule has 34 heavy (non-hydrogen) atoms. The monoisotopic (exact) mass is 472 g/mol. The number of rotatable bonds is 7. The van der Waals surface area contributed by atoms with Gasteiger partial charge in [0.1, 0.15) is 0 Å². The Labute approximate surface area is 197 Å². The number of nitrogens with zero attached hydrogens (tertiary/aromatic N) is 3. The number of amides is 2. The maximum absolute atomic E-state index is 13.1. The van der Waals surface area contributed by atoms with Gasteiger partial charge in [-0.3, -0.25) is 9.59 Å². The summed E-state index contributed by atoms with van der Waals surface area (Å²) in [5.41, 5.74) is -1.07. The van der Waals surface area contributed by atoms with E-state index >= 15 is 0 Å². The highest BCUT2D eigenvalue weighted by atomic mass is 16.3. The second kappa shape index (κ2) is 8.90. The molecule has 2 aromatic heterocycles. The lowest BCUT2D eigenvalue weighted by molar-refractivity contribution is -0.686. The van der Waals surface area contributed by atoms with Gasteiger partial charge in [0.15, 0.2) is 0 Å². The van der Waals surface area contributed by atoms with Gasteiger partial charge in [0.05, 0.1) is 29.9 Å². The van der Waals surface area contributed by atoms with E-state index < -0.39 is 17.1 Å². The predicted molar refractivity (Wildman–Crippen MR) is 125 cm³/mol. The molecule has 10 heteroatoms. The van der Waals surface area contributed by atoms with Crippen LogP contribution in [0.4, 0.5) is 0 Å². The first-order valence-corrected chi connectivity index (χ1v) is 11.9. The molecule has 2 aliphatic rings. The smallest absolute Gasteiger partial charge is 0.378 e. The molecule has 1 saturated heterocycles. The second-order valence-corrected chi connectivity index (χ2v) is 10.3. The molecule has 184 valence electrons. The molecule has 1 aliphatic carbocycles. The minimum Gasteiger partial charge on any atom is -0.477 e. The lowest BCUT2D eigenvalue weighted by Gasteiger charge is -2.33. The second-order valence-electron chi connectivity index (χ2n) is 10.3. The number of carbonyl (C=O) groups excluding carboxylic acids is 2. The number of fused-ring (bicyclic) bond motifs is 1. The zero-order valence-electron chi connectivity index (χ0n) is 20.2. The number of aromatic hydroxyl groups is 1. The van der Waals surface area contributed by atoms with Gasteiger partial charge in [0.2, 0.25) is 11.5 Å². The van der Waals surface area contributed by atoms with Crippen LogP contribution in [0.15, 0.2) is 17.1 Å². The summed E-state index contributed by atoms with van der Waals surface area (Å²) < 4.78 is 2.76. The summed E-state index contributed by atoms with van der Waals surface area (Å²) in [4.78, 5) is 40.4. The van der Waals surface area contributed by atoms with Crippen molar-refractivity contribution in [3.63, 3.8) is 0 Å². The lowest BCUT2D eigenvalue weighted by Crippen LogP contribution is -2.47. The molecule has 1 aliphatic heterocycles. The molecular formula is C24H34N5O5+. The number of H-pyrrole nitrogens is 1. The van der Waals surface area contributed by atoms with Crippen molar-refractivity contribution >= 4 is 23.5 Å². The van der Waals surface area contributed by atoms with Crippen molar-refractivity contribution in [1.29, 1.82) is 0 Å². The number of likely N-dealkylation sites (tertiary alicyclic amines) is 1. The molecule has 0 aromatic carbocycles. The molecule has 3 heterocycles. The maximum Gasteiger partial charge on any atom is 0.378 e. The van der Waals surface area contributed by atoms with Crippen LogP contribution in [-0.4, -0.2) is 60.8 Å². The van der Waals surface area contributed by atoms with Crippen LogP contribution in [0.5, 0.6) is 5.88 Å². The Hall–Kier alpha value is -3.14. The van der Waals surface area contributed by atoms with E-state index in [0.29, 0.717) is 24.3 Å². The van der Waals surface area contributed by atoms with Gasteiger partial charge in [-0.1, -0.05) is 18.4 Å². The van der Waals surface area contributed by atoms with Gasteiger partial charge in [-0.25, -0.2) is 9.89 Å². The number of aromatic amines is 1. The van der Waals surface area contributed by atoms with Crippen molar-refractivity contribution in [2.45, 2.75) is 77.6 Å². The van der Waals surface area contributed by atoms with Crippen LogP contribution in [0.1, 0.15) is 69.3 Å². The zero-order valence-corrected chi connectivity index (χ0v) is 20.2. The normalized spacial score (nSPS) is 19.0. The average Bonchev–Trinajstić information content (AvgIpc) is 3.25. The molecule has 0 spiro atoms. The Morgan fingerprint density at radius 2 is 2.03 bits per heavy atom. The number of aromatic nitrogens is 3. The van der Waals surface area contributed by atoms with E-state index in [1.54, 1.807) is 31.0 Å². The van der Waals surface area contributed by atoms with Crippen LogP contribution < -0.4 is 15.4 Å². The van der Waals surface area contributed by atoms with Crippen LogP contribution >= 0.6 is 0 Å². The Kier molecular flexibility index (Phi) is 6.28. The summed E-state index contributed by atoms with van der Waals surface area (Å²) in [6, 6.07) is -0.227. The summed E-state index contributed by atoms with van der Waals surface area (Å²) in [5.74, 6) is -1.10. The van der Waals surface area contributed by atoms with Gasteiger partial charge in [0.25, 0.3) is 5.91 Å². The fourth-order valence-electron chi connectivity index (χ4n) is 4.63. The Bertz CT molecular complexity index is 1200. The lowest BCUT2D eigenvalue weighted by atomic mass is 9.96. The van der Waals surface area contributed by atoms with Gasteiger partial charge in [-0.2, -0.15) is 4.57 Å². The zero-order chi connectivity index (χ0) is 24.8. The van der Waals surface area contributed by atoms with E-state index in [1.165, 1.54) is 15.2 Å². The summed E-state index contributed by atoms with van der Waals surface area (Å²) in [6.07, 6.45) is 7.86. The highest BCUT2D eigenvalue weighted by Crippen LogP contribution is 2.27. The molecule has 2 amide bonds. The third kappa shape index (κ3) is 4.59. The summed E-state index contributed by atoms with van der Waals surface area (Å²) in [5, 5.41) is 27.0. The molecule has 1 atom stereocenters. The van der Waals surface area contributed by atoms with E-state index in [9.17, 15) is 24.6 Å². The third-order valence-corrected chi connectivity index (χ3v) is 6.42. The van der Waals surface area contributed by atoms with Gasteiger partial charge < -0.3 is 20.4 Å². The highest BCUT2D eigenvalue weighted by molar-refractivity contribution is 5.96. The molecule has 0 bridgehead atoms. The summed E-state index contributed by atoms with van der Waals surface area (Å²) in [6.45, 7) is 8.26. The van der Waals surface area contributed by atoms with Crippen molar-refractivity contribution in [2.75, 3.05) is 6.54 Å². The molecule has 10 nitrogen and oxygen atoms in total. The highest BCUT2D eigenvalue weighted by Gasteiger charge is 2.38. The molecule has 0 radical (unpaired) electrons. The molecule has 0 unspecified atom stereocenters. The van der Waals surface area contributed by atoms with Crippen molar-refractivity contribution in [2.24, 2.45) is 5.92 Å². The minimum absolute atomic E-state index is 0.0389. The quantitative estimate of drug-likeness (QED) is 0.352. The van der Waals surface area contributed by atoms with Gasteiger partial charge in [0, 0.05) is 18.7 Å². The minimum atomic E-state index is -1.00. The fourth-order valence-corrected chi connectivity index (χ4v) is 4.63. The Balaban J connectivity index is 1.73. The van der Waals surface area contributed by atoms with Crippen molar-refractivity contribution in [1.82, 2.24) is 19.8 Å². The van der Waals surface area contributed by atoms with Crippen molar-refractivity contribution in [3.8, 4) is 5.88 Å². The number of carbonyl (C=O) groups is 2. The van der Waals surface area contributed by atoms with Crippen molar-refractivity contribution < 1.29 is 24.4 Å². The van der Waals surface area contributed by atoms with Crippen molar-refractivity contribution in [3.05, 3.63) is 33.8 Å². The number of nitrogens with one attached hydrogen (secondary N) is 2. The fraction of sp³-hybridized carbons (Fsp3) is 0.583. The van der Waals surface area contributed by atoms with E-state index in [2.05, 4.69) is 10.4 Å². The SMILES string of the molecule is CC(C)C[n+]1c(O)c(C(=O)NC2CC2)c(=O)n2[nH]cc(/C=C/C(=O)N3CCC[C@H]3C(C)(C)O)c21. The van der Waals surface area contributed by atoms with Crippen LogP contribution in [0.3, 0.4) is 0 Å². The number of hydrogen-bond acceptors (Lipinski definition) is 5. The summed E-state index contributed by atoms with van der Waals surface area (Å²) >= 11 is 0. The average molecular weight is 473 g/mol. The molecule has 1 saturated carbocycles. The van der Waals surface area contributed by atoms with E-state index in [-0.39, 0.29) is 35.4 Å². The summed E-state index contributed by atoms with van der Waals surface area (Å²) in [7, 11) is 0. The van der Waals surface area contributed by atoms with Gasteiger partial charge >= 0.3 is 17.1 Å². The van der Waals surface area contributed by atoms with Crippen LogP contribution in [-0.2, 0) is 11.3 Å². The first-order chi connectivity index (χ1) is 16.0. The van der Waals surface area contributed by atoms with Crippen LogP contribution in [0, 0.1) is 5.92 Å². The van der Waals surface area contributed by atoms with Gasteiger partial charge in [-0.15, -0.1) is 0 Å². The Morgan fingerprint density at radius 1 is 1.32 bits per heavy atom. The molecule has 2 fully saturated rings. The Morgan fingerprint density at radius 3 is 2.65 bits per heavy atom. The largest absolute Gasteiger partial charge is 0.477 e.